The summed E-state index contributed by atoms with van der Waals surface area (Å²) in [6.07, 6.45) is -0.829. The van der Waals surface area contributed by atoms with Gasteiger partial charge < -0.3 is 15.2 Å². The molecule has 0 radical (unpaired) electrons. The van der Waals surface area contributed by atoms with Gasteiger partial charge in [0.2, 0.25) is 5.88 Å². The van der Waals surface area contributed by atoms with E-state index in [2.05, 4.69) is 15.4 Å². The van der Waals surface area contributed by atoms with Crippen LogP contribution >= 0.6 is 0 Å². The molecule has 0 saturated carbocycles. The van der Waals surface area contributed by atoms with Gasteiger partial charge in [-0.2, -0.15) is 18.3 Å². The van der Waals surface area contributed by atoms with Gasteiger partial charge in [-0.1, -0.05) is 13.8 Å². The van der Waals surface area contributed by atoms with Gasteiger partial charge in [0.05, 0.1) is 35.0 Å². The van der Waals surface area contributed by atoms with E-state index in [1.807, 2.05) is 13.8 Å². The number of carbonyl (C=O) groups is 1. The molecule has 0 unspecified atom stereocenters. The van der Waals surface area contributed by atoms with Crippen LogP contribution in [0.25, 0.3) is 11.3 Å². The third-order valence-corrected chi connectivity index (χ3v) is 4.81. The molecule has 2 heterocycles. The molecule has 0 aliphatic rings. The van der Waals surface area contributed by atoms with Crippen LogP contribution in [0.5, 0.6) is 11.6 Å². The van der Waals surface area contributed by atoms with E-state index in [-0.39, 0.29) is 29.7 Å². The highest BCUT2D eigenvalue weighted by Gasteiger charge is 2.30. The quantitative estimate of drug-likeness (QED) is 0.517. The molecule has 2 aromatic heterocycles. The van der Waals surface area contributed by atoms with Crippen LogP contribution in [0.1, 0.15) is 36.2 Å². The summed E-state index contributed by atoms with van der Waals surface area (Å²) in [5.41, 5.74) is 0.312. The second kappa shape index (κ2) is 10.0. The predicted octanol–water partition coefficient (Wildman–Crippen LogP) is 4.43. The molecular formula is C23H25F3N4O3. The zero-order chi connectivity index (χ0) is 24.2. The number of rotatable bonds is 8. The first-order valence-electron chi connectivity index (χ1n) is 10.3. The number of pyridine rings is 1. The van der Waals surface area contributed by atoms with E-state index in [1.54, 1.807) is 30.1 Å². The number of ether oxygens (including phenoxy) is 1. The molecule has 0 saturated heterocycles. The third kappa shape index (κ3) is 6.32. The molecular weight excluding hydrogens is 437 g/mol. The molecule has 0 spiro atoms. The first-order valence-corrected chi connectivity index (χ1v) is 10.3. The summed E-state index contributed by atoms with van der Waals surface area (Å²) < 4.78 is 45.8. The summed E-state index contributed by atoms with van der Waals surface area (Å²) in [4.78, 5) is 17.0. The molecule has 0 aliphatic carbocycles. The lowest BCUT2D eigenvalue weighted by Crippen LogP contribution is -2.38. The van der Waals surface area contributed by atoms with Crippen molar-refractivity contribution in [2.24, 2.45) is 13.0 Å². The number of hydrogen-bond donors (Lipinski definition) is 2. The SMILES string of the molecule is CC(C)C[C@H](CO)NC(=O)c1cnc(Oc2ccc(C(F)(F)F)cc2)c(-c2ccn(C)n2)c1. The smallest absolute Gasteiger partial charge is 0.416 e. The number of aromatic nitrogens is 3. The molecule has 2 N–H and O–H groups in total. The van der Waals surface area contributed by atoms with Gasteiger partial charge in [-0.25, -0.2) is 4.98 Å². The van der Waals surface area contributed by atoms with E-state index >= 15 is 0 Å². The Morgan fingerprint density at radius 2 is 1.91 bits per heavy atom. The minimum absolute atomic E-state index is 0.0888. The van der Waals surface area contributed by atoms with Crippen molar-refractivity contribution in [1.29, 1.82) is 0 Å². The van der Waals surface area contributed by atoms with E-state index in [0.717, 1.165) is 12.1 Å². The Kier molecular flexibility index (Phi) is 7.37. The number of nitrogens with zero attached hydrogens (tertiary/aromatic N) is 3. The third-order valence-electron chi connectivity index (χ3n) is 4.81. The molecule has 7 nitrogen and oxygen atoms in total. The maximum atomic E-state index is 12.8. The van der Waals surface area contributed by atoms with E-state index in [9.17, 15) is 23.1 Å². The Balaban J connectivity index is 1.90. The summed E-state index contributed by atoms with van der Waals surface area (Å²) in [6.45, 7) is 3.78. The number of alkyl halides is 3. The molecule has 1 aromatic carbocycles. The highest BCUT2D eigenvalue weighted by Crippen LogP contribution is 2.34. The first-order chi connectivity index (χ1) is 15.6. The molecule has 0 fully saturated rings. The number of aryl methyl sites for hydroxylation is 1. The fraction of sp³-hybridized carbons (Fsp3) is 0.348. The van der Waals surface area contributed by atoms with Gasteiger partial charge in [0.25, 0.3) is 5.91 Å². The van der Waals surface area contributed by atoms with Crippen molar-refractivity contribution in [3.63, 3.8) is 0 Å². The topological polar surface area (TPSA) is 89.3 Å². The minimum Gasteiger partial charge on any atom is -0.438 e. The predicted molar refractivity (Wildman–Crippen MR) is 116 cm³/mol. The van der Waals surface area contributed by atoms with Gasteiger partial charge in [-0.15, -0.1) is 0 Å². The van der Waals surface area contributed by atoms with Crippen molar-refractivity contribution in [2.75, 3.05) is 6.61 Å². The van der Waals surface area contributed by atoms with Crippen LogP contribution in [-0.4, -0.2) is 38.4 Å². The van der Waals surface area contributed by atoms with Crippen LogP contribution < -0.4 is 10.1 Å². The zero-order valence-electron chi connectivity index (χ0n) is 18.4. The Labute approximate surface area is 189 Å². The molecule has 3 aromatic rings. The van der Waals surface area contributed by atoms with Crippen molar-refractivity contribution in [3.05, 3.63) is 59.9 Å². The lowest BCUT2D eigenvalue weighted by molar-refractivity contribution is -0.137. The highest BCUT2D eigenvalue weighted by molar-refractivity contribution is 5.95. The van der Waals surface area contributed by atoms with Crippen LogP contribution in [0.3, 0.4) is 0 Å². The van der Waals surface area contributed by atoms with Crippen LogP contribution in [0.15, 0.2) is 48.8 Å². The van der Waals surface area contributed by atoms with Gasteiger partial charge in [0.1, 0.15) is 5.75 Å². The first kappa shape index (κ1) is 24.2. The van der Waals surface area contributed by atoms with E-state index in [1.165, 1.54) is 18.3 Å². The Morgan fingerprint density at radius 1 is 1.21 bits per heavy atom. The van der Waals surface area contributed by atoms with Crippen LogP contribution in [-0.2, 0) is 13.2 Å². The number of nitrogens with one attached hydrogen (secondary N) is 1. The second-order valence-corrected chi connectivity index (χ2v) is 8.06. The lowest BCUT2D eigenvalue weighted by Gasteiger charge is -2.18. The van der Waals surface area contributed by atoms with Crippen molar-refractivity contribution in [1.82, 2.24) is 20.1 Å². The standard InChI is InChI=1S/C23H25F3N4O3/c1-14(2)10-17(13-31)28-21(32)15-11-19(20-8-9-30(3)29-20)22(27-12-15)33-18-6-4-16(5-7-18)23(24,25)26/h4-9,11-12,14,17,31H,10,13H2,1-3H3,(H,28,32)/t17-/m1/s1. The number of amides is 1. The Hall–Kier alpha value is -3.40. The summed E-state index contributed by atoms with van der Waals surface area (Å²) in [7, 11) is 1.72. The number of carbonyl (C=O) groups excluding carboxylic acids is 1. The van der Waals surface area contributed by atoms with Crippen molar-refractivity contribution in [2.45, 2.75) is 32.5 Å². The average molecular weight is 462 g/mol. The summed E-state index contributed by atoms with van der Waals surface area (Å²) in [6, 6.07) is 7.08. The van der Waals surface area contributed by atoms with E-state index in [0.29, 0.717) is 17.7 Å². The van der Waals surface area contributed by atoms with Crippen LogP contribution in [0, 0.1) is 5.92 Å². The van der Waals surface area contributed by atoms with Gasteiger partial charge in [0, 0.05) is 19.4 Å². The molecule has 0 aliphatic heterocycles. The van der Waals surface area contributed by atoms with Crippen LogP contribution in [0.2, 0.25) is 0 Å². The van der Waals surface area contributed by atoms with Crippen molar-refractivity contribution >= 4 is 5.91 Å². The molecule has 10 heteroatoms. The van der Waals surface area contributed by atoms with Gasteiger partial charge in [-0.05, 0) is 48.7 Å². The Morgan fingerprint density at radius 3 is 2.45 bits per heavy atom. The fourth-order valence-corrected chi connectivity index (χ4v) is 3.24. The van der Waals surface area contributed by atoms with Crippen molar-refractivity contribution in [3.8, 4) is 22.9 Å². The molecule has 33 heavy (non-hydrogen) atoms. The maximum absolute atomic E-state index is 12.8. The molecule has 1 atom stereocenters. The fourth-order valence-electron chi connectivity index (χ4n) is 3.24. The number of hydrogen-bond acceptors (Lipinski definition) is 5. The Bertz CT molecular complexity index is 1100. The monoisotopic (exact) mass is 462 g/mol. The van der Waals surface area contributed by atoms with E-state index < -0.39 is 23.7 Å². The highest BCUT2D eigenvalue weighted by atomic mass is 19.4. The number of aliphatic hydroxyl groups is 1. The maximum Gasteiger partial charge on any atom is 0.416 e. The number of aliphatic hydroxyl groups excluding tert-OH is 1. The number of benzene rings is 1. The molecule has 1 amide bonds. The number of halogens is 3. The molecule has 176 valence electrons. The molecule has 3 rings (SSSR count). The largest absolute Gasteiger partial charge is 0.438 e. The average Bonchev–Trinajstić information content (AvgIpc) is 3.19. The summed E-state index contributed by atoms with van der Waals surface area (Å²) >= 11 is 0. The second-order valence-electron chi connectivity index (χ2n) is 8.06. The lowest BCUT2D eigenvalue weighted by atomic mass is 10.0. The van der Waals surface area contributed by atoms with Gasteiger partial charge in [0.15, 0.2) is 0 Å². The van der Waals surface area contributed by atoms with Crippen molar-refractivity contribution < 1.29 is 27.8 Å². The van der Waals surface area contributed by atoms with Crippen LogP contribution in [0.4, 0.5) is 13.2 Å². The zero-order valence-corrected chi connectivity index (χ0v) is 18.4. The minimum atomic E-state index is -4.45. The normalized spacial score (nSPS) is 12.6. The van der Waals surface area contributed by atoms with Gasteiger partial charge in [-0.3, -0.25) is 9.48 Å². The van der Waals surface area contributed by atoms with E-state index in [4.69, 9.17) is 4.74 Å². The summed E-state index contributed by atoms with van der Waals surface area (Å²) in [5, 5.41) is 16.7. The molecule has 0 bridgehead atoms. The summed E-state index contributed by atoms with van der Waals surface area (Å²) in [5.74, 6) is 0.109. The van der Waals surface area contributed by atoms with Gasteiger partial charge >= 0.3 is 6.18 Å².